The van der Waals surface area contributed by atoms with Crippen LogP contribution in [0.15, 0.2) is 30.3 Å². The van der Waals surface area contributed by atoms with Crippen molar-refractivity contribution in [3.05, 3.63) is 46.0 Å². The van der Waals surface area contributed by atoms with Gasteiger partial charge in [0, 0.05) is 21.4 Å². The average molecular weight is 283 g/mol. The minimum Gasteiger partial charge on any atom is -0.293 e. The van der Waals surface area contributed by atoms with Gasteiger partial charge in [0.25, 0.3) is 0 Å². The minimum absolute atomic E-state index is 0.0549. The van der Waals surface area contributed by atoms with E-state index in [0.29, 0.717) is 15.5 Å². The Labute approximate surface area is 114 Å². The SMILES string of the molecule is CC(C)C(=O)c1ccc(-c2cc(Cl)ccc2F)s1. The van der Waals surface area contributed by atoms with Crippen molar-refractivity contribution in [1.29, 1.82) is 0 Å². The van der Waals surface area contributed by atoms with Crippen LogP contribution in [0.25, 0.3) is 10.4 Å². The summed E-state index contributed by atoms with van der Waals surface area (Å²) in [6.07, 6.45) is 0. The molecule has 1 heterocycles. The molecular formula is C14H12ClFOS. The summed E-state index contributed by atoms with van der Waals surface area (Å²) in [6.45, 7) is 3.70. The van der Waals surface area contributed by atoms with Crippen molar-refractivity contribution >= 4 is 28.7 Å². The van der Waals surface area contributed by atoms with Gasteiger partial charge in [0.15, 0.2) is 5.78 Å². The number of carbonyl (C=O) groups is 1. The molecule has 1 nitrogen and oxygen atoms in total. The zero-order chi connectivity index (χ0) is 13.3. The van der Waals surface area contributed by atoms with E-state index in [1.165, 1.54) is 23.5 Å². The largest absolute Gasteiger partial charge is 0.293 e. The van der Waals surface area contributed by atoms with Gasteiger partial charge in [0.05, 0.1) is 4.88 Å². The van der Waals surface area contributed by atoms with Crippen LogP contribution in [0.1, 0.15) is 23.5 Å². The molecule has 2 rings (SSSR count). The van der Waals surface area contributed by atoms with E-state index in [1.54, 1.807) is 18.2 Å². The highest BCUT2D eigenvalue weighted by Gasteiger charge is 2.15. The summed E-state index contributed by atoms with van der Waals surface area (Å²) in [5.74, 6) is -0.306. The highest BCUT2D eigenvalue weighted by atomic mass is 35.5. The van der Waals surface area contributed by atoms with Crippen LogP contribution < -0.4 is 0 Å². The maximum Gasteiger partial charge on any atom is 0.175 e. The normalized spacial score (nSPS) is 10.9. The predicted molar refractivity (Wildman–Crippen MR) is 73.9 cm³/mol. The molecule has 0 N–H and O–H groups in total. The third-order valence-corrected chi connectivity index (χ3v) is 3.94. The molecule has 0 aliphatic heterocycles. The first kappa shape index (κ1) is 13.2. The molecule has 0 unspecified atom stereocenters. The Morgan fingerprint density at radius 1 is 1.28 bits per heavy atom. The van der Waals surface area contributed by atoms with Crippen LogP contribution in [-0.2, 0) is 0 Å². The second-order valence-corrected chi connectivity index (χ2v) is 5.83. The Morgan fingerprint density at radius 3 is 2.67 bits per heavy atom. The molecule has 0 radical (unpaired) electrons. The summed E-state index contributed by atoms with van der Waals surface area (Å²) in [5, 5.41) is 0.483. The summed E-state index contributed by atoms with van der Waals surface area (Å²) in [4.78, 5) is 13.2. The summed E-state index contributed by atoms with van der Waals surface area (Å²) in [7, 11) is 0. The monoisotopic (exact) mass is 282 g/mol. The molecule has 2 aromatic rings. The first-order valence-electron chi connectivity index (χ1n) is 5.58. The molecular weight excluding hydrogens is 271 g/mol. The first-order valence-corrected chi connectivity index (χ1v) is 6.78. The van der Waals surface area contributed by atoms with E-state index < -0.39 is 0 Å². The smallest absolute Gasteiger partial charge is 0.175 e. The van der Waals surface area contributed by atoms with E-state index in [-0.39, 0.29) is 17.5 Å². The zero-order valence-electron chi connectivity index (χ0n) is 10.0. The van der Waals surface area contributed by atoms with Crippen LogP contribution in [0.2, 0.25) is 5.02 Å². The third-order valence-electron chi connectivity index (χ3n) is 2.57. The van der Waals surface area contributed by atoms with Crippen molar-refractivity contribution in [2.75, 3.05) is 0 Å². The molecule has 18 heavy (non-hydrogen) atoms. The molecule has 0 aliphatic carbocycles. The van der Waals surface area contributed by atoms with Gasteiger partial charge in [-0.1, -0.05) is 25.4 Å². The molecule has 0 saturated carbocycles. The highest BCUT2D eigenvalue weighted by molar-refractivity contribution is 7.17. The Hall–Kier alpha value is -1.19. The number of thiophene rings is 1. The lowest BCUT2D eigenvalue weighted by Gasteiger charge is -2.01. The number of ketones is 1. The molecule has 0 aliphatic rings. The van der Waals surface area contributed by atoms with E-state index >= 15 is 0 Å². The fourth-order valence-corrected chi connectivity index (χ4v) is 2.87. The Balaban J connectivity index is 2.41. The lowest BCUT2D eigenvalue weighted by molar-refractivity contribution is 0.0943. The third kappa shape index (κ3) is 2.62. The fourth-order valence-electron chi connectivity index (χ4n) is 1.59. The Bertz CT molecular complexity index is 589. The van der Waals surface area contributed by atoms with E-state index in [2.05, 4.69) is 0 Å². The summed E-state index contributed by atoms with van der Waals surface area (Å²) in [5.41, 5.74) is 0.440. The molecule has 94 valence electrons. The van der Waals surface area contributed by atoms with Gasteiger partial charge in [0.1, 0.15) is 5.82 Å². The quantitative estimate of drug-likeness (QED) is 0.720. The number of rotatable bonds is 3. The van der Waals surface area contributed by atoms with Crippen LogP contribution >= 0.6 is 22.9 Å². The summed E-state index contributed by atoms with van der Waals surface area (Å²) in [6, 6.07) is 7.92. The second-order valence-electron chi connectivity index (χ2n) is 4.31. The molecule has 0 saturated heterocycles. The van der Waals surface area contributed by atoms with Crippen LogP contribution in [0.5, 0.6) is 0 Å². The lowest BCUT2D eigenvalue weighted by atomic mass is 10.1. The van der Waals surface area contributed by atoms with Crippen molar-refractivity contribution in [3.8, 4) is 10.4 Å². The van der Waals surface area contributed by atoms with E-state index in [0.717, 1.165) is 4.88 Å². The molecule has 0 atom stereocenters. The van der Waals surface area contributed by atoms with Gasteiger partial charge in [-0.2, -0.15) is 0 Å². The maximum absolute atomic E-state index is 13.7. The highest BCUT2D eigenvalue weighted by Crippen LogP contribution is 2.32. The van der Waals surface area contributed by atoms with Crippen LogP contribution in [0.3, 0.4) is 0 Å². The van der Waals surface area contributed by atoms with Crippen molar-refractivity contribution in [3.63, 3.8) is 0 Å². The molecule has 0 fully saturated rings. The van der Waals surface area contributed by atoms with Crippen molar-refractivity contribution < 1.29 is 9.18 Å². The number of carbonyl (C=O) groups excluding carboxylic acids is 1. The van der Waals surface area contributed by atoms with Crippen molar-refractivity contribution in [1.82, 2.24) is 0 Å². The molecule has 1 aromatic carbocycles. The standard InChI is InChI=1S/C14H12ClFOS/c1-8(2)14(17)13-6-5-12(18-13)10-7-9(15)3-4-11(10)16/h3-8H,1-2H3. The maximum atomic E-state index is 13.7. The molecule has 0 amide bonds. The van der Waals surface area contributed by atoms with Crippen LogP contribution in [0, 0.1) is 11.7 Å². The number of Topliss-reactive ketones (excluding diaryl/α,β-unsaturated/α-hetero) is 1. The fraction of sp³-hybridized carbons (Fsp3) is 0.214. The Morgan fingerprint density at radius 2 is 2.00 bits per heavy atom. The van der Waals surface area contributed by atoms with Gasteiger partial charge in [0.2, 0.25) is 0 Å². The first-order chi connectivity index (χ1) is 8.49. The van der Waals surface area contributed by atoms with Gasteiger partial charge in [-0.05, 0) is 30.3 Å². The number of hydrogen-bond acceptors (Lipinski definition) is 2. The Kier molecular flexibility index (Phi) is 3.83. The molecule has 0 spiro atoms. The molecule has 1 aromatic heterocycles. The van der Waals surface area contributed by atoms with Gasteiger partial charge in [-0.3, -0.25) is 4.79 Å². The van der Waals surface area contributed by atoms with Gasteiger partial charge < -0.3 is 0 Å². The van der Waals surface area contributed by atoms with Crippen molar-refractivity contribution in [2.24, 2.45) is 5.92 Å². The van der Waals surface area contributed by atoms with Crippen LogP contribution in [-0.4, -0.2) is 5.78 Å². The van der Waals surface area contributed by atoms with E-state index in [9.17, 15) is 9.18 Å². The zero-order valence-corrected chi connectivity index (χ0v) is 11.6. The predicted octanol–water partition coefficient (Wildman–Crippen LogP) is 5.05. The van der Waals surface area contributed by atoms with Crippen molar-refractivity contribution in [2.45, 2.75) is 13.8 Å². The van der Waals surface area contributed by atoms with E-state index in [1.807, 2.05) is 13.8 Å². The minimum atomic E-state index is -0.329. The average Bonchev–Trinajstić information content (AvgIpc) is 2.80. The van der Waals surface area contributed by atoms with Crippen LogP contribution in [0.4, 0.5) is 4.39 Å². The summed E-state index contributed by atoms with van der Waals surface area (Å²) < 4.78 is 13.7. The van der Waals surface area contributed by atoms with E-state index in [4.69, 9.17) is 11.6 Å². The topological polar surface area (TPSA) is 17.1 Å². The van der Waals surface area contributed by atoms with Gasteiger partial charge >= 0.3 is 0 Å². The molecule has 4 heteroatoms. The number of benzene rings is 1. The molecule has 0 bridgehead atoms. The van der Waals surface area contributed by atoms with Gasteiger partial charge in [-0.15, -0.1) is 11.3 Å². The summed E-state index contributed by atoms with van der Waals surface area (Å²) >= 11 is 7.15. The second kappa shape index (κ2) is 5.21. The lowest BCUT2D eigenvalue weighted by Crippen LogP contribution is -2.04. The van der Waals surface area contributed by atoms with Gasteiger partial charge in [-0.25, -0.2) is 4.39 Å². The number of halogens is 2. The number of hydrogen-bond donors (Lipinski definition) is 0.